The minimum atomic E-state index is -1.05. The molecule has 0 N–H and O–H groups in total. The number of benzene rings is 1. The molecule has 0 spiro atoms. The highest BCUT2D eigenvalue weighted by Gasteiger charge is 2.19. The third-order valence-electron chi connectivity index (χ3n) is 2.49. The van der Waals surface area contributed by atoms with Crippen LogP contribution < -0.4 is 4.74 Å². The molecule has 1 rings (SSSR count). The fourth-order valence-corrected chi connectivity index (χ4v) is 1.37. The van der Waals surface area contributed by atoms with Gasteiger partial charge in [0.1, 0.15) is 5.75 Å². The molecule has 0 fully saturated rings. The summed E-state index contributed by atoms with van der Waals surface area (Å²) >= 11 is 0. The molecule has 21 heavy (non-hydrogen) atoms. The van der Waals surface area contributed by atoms with Crippen LogP contribution in [0.1, 0.15) is 16.8 Å². The Bertz CT molecular complexity index is 545. The van der Waals surface area contributed by atoms with E-state index >= 15 is 0 Å². The normalized spacial score (nSPS) is 9.62. The molecular weight excluding hydrogens is 280 g/mol. The zero-order valence-electron chi connectivity index (χ0n) is 11.6. The van der Waals surface area contributed by atoms with Crippen molar-refractivity contribution in [2.75, 3.05) is 20.8 Å². The van der Waals surface area contributed by atoms with Crippen molar-refractivity contribution in [1.29, 1.82) is 0 Å². The molecule has 1 aromatic carbocycles. The fourth-order valence-electron chi connectivity index (χ4n) is 1.37. The summed E-state index contributed by atoms with van der Waals surface area (Å²) in [6.45, 7) is -0.245. The number of rotatable bonds is 7. The minimum absolute atomic E-state index is 0.245. The lowest BCUT2D eigenvalue weighted by Crippen LogP contribution is -2.19. The van der Waals surface area contributed by atoms with Crippen LogP contribution in [-0.4, -0.2) is 44.3 Å². The van der Waals surface area contributed by atoms with Crippen LogP contribution in [0.5, 0.6) is 5.75 Å². The summed E-state index contributed by atoms with van der Waals surface area (Å²) in [5.41, 5.74) is 0.248. The number of hydrogen-bond acceptors (Lipinski definition) is 7. The average molecular weight is 294 g/mol. The van der Waals surface area contributed by atoms with Crippen LogP contribution in [-0.2, 0) is 23.9 Å². The van der Waals surface area contributed by atoms with Gasteiger partial charge in [0.25, 0.3) is 0 Å². The Hall–Kier alpha value is -2.70. The van der Waals surface area contributed by atoms with Gasteiger partial charge in [-0.15, -0.1) is 0 Å². The second kappa shape index (κ2) is 7.78. The van der Waals surface area contributed by atoms with E-state index in [4.69, 9.17) is 4.74 Å². The van der Waals surface area contributed by atoms with Crippen LogP contribution in [0.2, 0.25) is 0 Å². The van der Waals surface area contributed by atoms with E-state index in [1.54, 1.807) is 0 Å². The van der Waals surface area contributed by atoms with E-state index in [-0.39, 0.29) is 12.2 Å². The number of carbonyl (C=O) groups is 4. The maximum Gasteiger partial charge on any atom is 0.374 e. The number of methoxy groups -OCH3 is 2. The van der Waals surface area contributed by atoms with Crippen molar-refractivity contribution in [3.63, 3.8) is 0 Å². The summed E-state index contributed by atoms with van der Waals surface area (Å²) in [6, 6.07) is 5.80. The number of ether oxygens (including phenoxy) is 3. The van der Waals surface area contributed by atoms with E-state index in [1.165, 1.54) is 31.4 Å². The van der Waals surface area contributed by atoms with Crippen LogP contribution >= 0.6 is 0 Å². The van der Waals surface area contributed by atoms with Crippen LogP contribution in [0.4, 0.5) is 0 Å². The third kappa shape index (κ3) is 5.06. The molecule has 0 aliphatic heterocycles. The maximum atomic E-state index is 11.8. The highest BCUT2D eigenvalue weighted by Crippen LogP contribution is 2.13. The molecule has 0 saturated carbocycles. The molecular formula is C14H14O7. The van der Waals surface area contributed by atoms with Crippen LogP contribution in [0, 0.1) is 0 Å². The molecule has 0 radical (unpaired) electrons. The van der Waals surface area contributed by atoms with Crippen molar-refractivity contribution in [2.45, 2.75) is 6.42 Å². The van der Waals surface area contributed by atoms with Crippen molar-refractivity contribution in [2.24, 2.45) is 0 Å². The summed E-state index contributed by atoms with van der Waals surface area (Å²) in [5, 5.41) is 0. The van der Waals surface area contributed by atoms with Crippen LogP contribution in [0.3, 0.4) is 0 Å². The Morgan fingerprint density at radius 2 is 1.57 bits per heavy atom. The van der Waals surface area contributed by atoms with Gasteiger partial charge in [-0.05, 0) is 24.3 Å². The molecule has 0 aromatic heterocycles. The first-order valence-corrected chi connectivity index (χ1v) is 5.92. The van der Waals surface area contributed by atoms with Gasteiger partial charge in [-0.1, -0.05) is 0 Å². The van der Waals surface area contributed by atoms with Gasteiger partial charge in [0.2, 0.25) is 5.78 Å². The summed E-state index contributed by atoms with van der Waals surface area (Å²) in [4.78, 5) is 44.8. The molecule has 7 heteroatoms. The largest absolute Gasteiger partial charge is 0.482 e. The van der Waals surface area contributed by atoms with Crippen LogP contribution in [0.15, 0.2) is 24.3 Å². The van der Waals surface area contributed by atoms with Gasteiger partial charge >= 0.3 is 11.9 Å². The van der Waals surface area contributed by atoms with Crippen molar-refractivity contribution >= 4 is 23.5 Å². The molecule has 0 aliphatic rings. The summed E-state index contributed by atoms with van der Waals surface area (Å²) in [6.07, 6.45) is -0.560. The zero-order chi connectivity index (χ0) is 15.8. The van der Waals surface area contributed by atoms with Crippen molar-refractivity contribution in [3.05, 3.63) is 29.8 Å². The van der Waals surface area contributed by atoms with E-state index in [0.29, 0.717) is 5.75 Å². The molecule has 1 aromatic rings. The smallest absolute Gasteiger partial charge is 0.374 e. The topological polar surface area (TPSA) is 96.0 Å². The number of esters is 2. The van der Waals surface area contributed by atoms with E-state index in [9.17, 15) is 19.2 Å². The average Bonchev–Trinajstić information content (AvgIpc) is 2.51. The number of ketones is 2. The Morgan fingerprint density at radius 3 is 2.10 bits per heavy atom. The van der Waals surface area contributed by atoms with Gasteiger partial charge in [-0.25, -0.2) is 9.59 Å². The second-order valence-electron chi connectivity index (χ2n) is 3.90. The molecule has 0 saturated heterocycles. The number of hydrogen-bond donors (Lipinski definition) is 0. The van der Waals surface area contributed by atoms with Gasteiger partial charge < -0.3 is 14.2 Å². The first-order valence-electron chi connectivity index (χ1n) is 5.92. The highest BCUT2D eigenvalue weighted by molar-refractivity contribution is 6.38. The van der Waals surface area contributed by atoms with Crippen molar-refractivity contribution < 1.29 is 33.4 Å². The Balaban J connectivity index is 2.61. The molecule has 7 nitrogen and oxygen atoms in total. The summed E-state index contributed by atoms with van der Waals surface area (Å²) in [7, 11) is 2.31. The Morgan fingerprint density at radius 1 is 0.952 bits per heavy atom. The lowest BCUT2D eigenvalue weighted by molar-refractivity contribution is -0.151. The van der Waals surface area contributed by atoms with Crippen LogP contribution in [0.25, 0.3) is 0 Å². The SMILES string of the molecule is COC(=O)COc1ccc(C(=O)CC(=O)C(=O)OC)cc1. The van der Waals surface area contributed by atoms with Gasteiger partial charge in [0.15, 0.2) is 12.4 Å². The molecule has 0 amide bonds. The first kappa shape index (κ1) is 16.4. The molecule has 0 bridgehead atoms. The predicted octanol–water partition coefficient (Wildman–Crippen LogP) is 0.553. The minimum Gasteiger partial charge on any atom is -0.482 e. The van der Waals surface area contributed by atoms with Crippen molar-refractivity contribution in [1.82, 2.24) is 0 Å². The number of carbonyl (C=O) groups excluding carboxylic acids is 4. The molecule has 0 heterocycles. The molecule has 0 atom stereocenters. The van der Waals surface area contributed by atoms with E-state index in [0.717, 1.165) is 7.11 Å². The van der Waals surface area contributed by atoms with E-state index in [1.807, 2.05) is 0 Å². The molecule has 112 valence electrons. The first-order chi connectivity index (χ1) is 9.97. The lowest BCUT2D eigenvalue weighted by Gasteiger charge is -2.05. The van der Waals surface area contributed by atoms with Gasteiger partial charge in [-0.3, -0.25) is 9.59 Å². The monoisotopic (exact) mass is 294 g/mol. The standard InChI is InChI=1S/C14H14O7/c1-19-13(17)8-21-10-5-3-9(4-6-10)11(15)7-12(16)14(18)20-2/h3-6H,7-8H2,1-2H3. The third-order valence-corrected chi connectivity index (χ3v) is 2.49. The number of Topliss-reactive ketones (excluding diaryl/α,β-unsaturated/α-hetero) is 2. The van der Waals surface area contributed by atoms with Gasteiger partial charge in [-0.2, -0.15) is 0 Å². The summed E-state index contributed by atoms with van der Waals surface area (Å²) in [5.74, 6) is -2.63. The maximum absolute atomic E-state index is 11.8. The second-order valence-corrected chi connectivity index (χ2v) is 3.90. The highest BCUT2D eigenvalue weighted by atomic mass is 16.6. The zero-order valence-corrected chi connectivity index (χ0v) is 11.6. The molecule has 0 aliphatic carbocycles. The van der Waals surface area contributed by atoms with Gasteiger partial charge in [0.05, 0.1) is 20.6 Å². The Kier molecular flexibility index (Phi) is 6.06. The quantitative estimate of drug-likeness (QED) is 0.313. The van der Waals surface area contributed by atoms with E-state index < -0.39 is 29.9 Å². The molecule has 0 unspecified atom stereocenters. The van der Waals surface area contributed by atoms with E-state index in [2.05, 4.69) is 9.47 Å². The summed E-state index contributed by atoms with van der Waals surface area (Å²) < 4.78 is 13.7. The predicted molar refractivity (Wildman–Crippen MR) is 69.9 cm³/mol. The fraction of sp³-hybridized carbons (Fsp3) is 0.286. The Labute approximate surface area is 120 Å². The van der Waals surface area contributed by atoms with Gasteiger partial charge in [0, 0.05) is 5.56 Å². The van der Waals surface area contributed by atoms with Crippen molar-refractivity contribution in [3.8, 4) is 5.75 Å². The lowest BCUT2D eigenvalue weighted by atomic mass is 10.1.